The fourth-order valence-corrected chi connectivity index (χ4v) is 1.81. The summed E-state index contributed by atoms with van der Waals surface area (Å²) in [6, 6.07) is -0.719. The Balaban J connectivity index is 2.68. The van der Waals surface area contributed by atoms with Crippen molar-refractivity contribution in [2.75, 3.05) is 20.1 Å². The second kappa shape index (κ2) is 7.10. The van der Waals surface area contributed by atoms with Gasteiger partial charge in [0.15, 0.2) is 0 Å². The molecule has 1 rings (SSSR count). The normalized spacial score (nSPS) is 19.0. The number of amides is 3. The highest BCUT2D eigenvalue weighted by atomic mass is 16.6. The molecule has 1 aliphatic heterocycles. The molecule has 1 heterocycles. The lowest BCUT2D eigenvalue weighted by Gasteiger charge is -2.25. The SMILES string of the molecule is CNC(=O)CN1CC=CCC(NC(=O)OC(C)(C)C)C1=O. The van der Waals surface area contributed by atoms with E-state index in [2.05, 4.69) is 10.6 Å². The summed E-state index contributed by atoms with van der Waals surface area (Å²) in [6.07, 6.45) is 3.35. The number of nitrogens with one attached hydrogen (secondary N) is 2. The van der Waals surface area contributed by atoms with Gasteiger partial charge in [-0.3, -0.25) is 9.59 Å². The topological polar surface area (TPSA) is 87.7 Å². The molecule has 1 unspecified atom stereocenters. The molecule has 0 fully saturated rings. The summed E-state index contributed by atoms with van der Waals surface area (Å²) in [4.78, 5) is 36.9. The zero-order chi connectivity index (χ0) is 16.0. The second-order valence-corrected chi connectivity index (χ2v) is 5.80. The maximum Gasteiger partial charge on any atom is 0.408 e. The van der Waals surface area contributed by atoms with Crippen LogP contribution < -0.4 is 10.6 Å². The Morgan fingerprint density at radius 2 is 2.05 bits per heavy atom. The Bertz CT molecular complexity index is 440. The maximum atomic E-state index is 12.3. The number of rotatable bonds is 3. The third kappa shape index (κ3) is 5.85. The molecule has 118 valence electrons. The molecule has 21 heavy (non-hydrogen) atoms. The number of carbonyl (C=O) groups is 3. The fourth-order valence-electron chi connectivity index (χ4n) is 1.81. The van der Waals surface area contributed by atoms with Gasteiger partial charge in [0.1, 0.15) is 11.6 Å². The van der Waals surface area contributed by atoms with Crippen LogP contribution in [-0.4, -0.2) is 54.6 Å². The zero-order valence-corrected chi connectivity index (χ0v) is 12.9. The lowest BCUT2D eigenvalue weighted by molar-refractivity contribution is -0.136. The molecule has 0 saturated carbocycles. The van der Waals surface area contributed by atoms with E-state index in [1.807, 2.05) is 6.08 Å². The van der Waals surface area contributed by atoms with Crippen LogP contribution in [0.15, 0.2) is 12.2 Å². The fraction of sp³-hybridized carbons (Fsp3) is 0.643. The Morgan fingerprint density at radius 3 is 2.62 bits per heavy atom. The van der Waals surface area contributed by atoms with Gasteiger partial charge in [-0.05, 0) is 27.2 Å². The average molecular weight is 297 g/mol. The van der Waals surface area contributed by atoms with E-state index in [9.17, 15) is 14.4 Å². The Kier molecular flexibility index (Phi) is 5.75. The molecule has 1 aliphatic rings. The standard InChI is InChI=1S/C14H23N3O4/c1-14(2,3)21-13(20)16-10-7-5-6-8-17(12(10)19)9-11(18)15-4/h5-6,10H,7-9H2,1-4H3,(H,15,18)(H,16,20). The minimum absolute atomic E-state index is 0.0355. The van der Waals surface area contributed by atoms with Gasteiger partial charge in [-0.1, -0.05) is 12.2 Å². The Labute approximate surface area is 124 Å². The molecule has 0 aromatic heterocycles. The van der Waals surface area contributed by atoms with Crippen LogP contribution in [0, 0.1) is 0 Å². The summed E-state index contributed by atoms with van der Waals surface area (Å²) in [5.41, 5.74) is -0.629. The van der Waals surface area contributed by atoms with Gasteiger partial charge in [0.25, 0.3) is 0 Å². The summed E-state index contributed by atoms with van der Waals surface area (Å²) in [5.74, 6) is -0.552. The highest BCUT2D eigenvalue weighted by molar-refractivity contribution is 5.90. The monoisotopic (exact) mass is 297 g/mol. The second-order valence-electron chi connectivity index (χ2n) is 5.80. The first-order chi connectivity index (χ1) is 9.73. The van der Waals surface area contributed by atoms with E-state index < -0.39 is 17.7 Å². The van der Waals surface area contributed by atoms with E-state index in [0.717, 1.165) is 0 Å². The third-order valence-corrected chi connectivity index (χ3v) is 2.78. The number of carbonyl (C=O) groups excluding carboxylic acids is 3. The van der Waals surface area contributed by atoms with Crippen molar-refractivity contribution in [1.29, 1.82) is 0 Å². The molecule has 0 bridgehead atoms. The summed E-state index contributed by atoms with van der Waals surface area (Å²) >= 11 is 0. The van der Waals surface area contributed by atoms with E-state index in [0.29, 0.717) is 13.0 Å². The van der Waals surface area contributed by atoms with Gasteiger partial charge in [-0.2, -0.15) is 0 Å². The zero-order valence-electron chi connectivity index (χ0n) is 12.9. The lowest BCUT2D eigenvalue weighted by Crippen LogP contribution is -2.50. The number of hydrogen-bond donors (Lipinski definition) is 2. The van der Waals surface area contributed by atoms with Crippen molar-refractivity contribution in [3.05, 3.63) is 12.2 Å². The predicted octanol–water partition coefficient (Wildman–Crippen LogP) is 0.414. The third-order valence-electron chi connectivity index (χ3n) is 2.78. The number of hydrogen-bond acceptors (Lipinski definition) is 4. The van der Waals surface area contributed by atoms with Gasteiger partial charge in [-0.15, -0.1) is 0 Å². The molecule has 7 heteroatoms. The summed E-state index contributed by atoms with van der Waals surface area (Å²) < 4.78 is 5.14. The lowest BCUT2D eigenvalue weighted by atomic mass is 10.2. The van der Waals surface area contributed by atoms with Crippen molar-refractivity contribution in [2.45, 2.75) is 38.8 Å². The van der Waals surface area contributed by atoms with Gasteiger partial charge in [-0.25, -0.2) is 4.79 Å². The van der Waals surface area contributed by atoms with Crippen LogP contribution in [0.5, 0.6) is 0 Å². The Hall–Kier alpha value is -2.05. The van der Waals surface area contributed by atoms with Crippen molar-refractivity contribution >= 4 is 17.9 Å². The molecule has 0 spiro atoms. The first kappa shape index (κ1) is 17.0. The largest absolute Gasteiger partial charge is 0.444 e. The molecule has 3 amide bonds. The van der Waals surface area contributed by atoms with E-state index >= 15 is 0 Å². The van der Waals surface area contributed by atoms with Gasteiger partial charge in [0.05, 0.1) is 6.54 Å². The molecule has 1 atom stereocenters. The van der Waals surface area contributed by atoms with E-state index in [4.69, 9.17) is 4.74 Å². The van der Waals surface area contributed by atoms with Crippen molar-refractivity contribution in [3.8, 4) is 0 Å². The minimum Gasteiger partial charge on any atom is -0.444 e. The minimum atomic E-state index is -0.719. The molecule has 0 radical (unpaired) electrons. The average Bonchev–Trinajstić information content (AvgIpc) is 2.52. The molecule has 0 aromatic rings. The smallest absolute Gasteiger partial charge is 0.408 e. The molecule has 0 aliphatic carbocycles. The quantitative estimate of drug-likeness (QED) is 0.739. The van der Waals surface area contributed by atoms with Crippen LogP contribution in [0.1, 0.15) is 27.2 Å². The van der Waals surface area contributed by atoms with Crippen LogP contribution in [0.3, 0.4) is 0 Å². The highest BCUT2D eigenvalue weighted by Gasteiger charge is 2.29. The maximum absolute atomic E-state index is 12.3. The highest BCUT2D eigenvalue weighted by Crippen LogP contribution is 2.10. The first-order valence-corrected chi connectivity index (χ1v) is 6.87. The van der Waals surface area contributed by atoms with Gasteiger partial charge < -0.3 is 20.3 Å². The van der Waals surface area contributed by atoms with Gasteiger partial charge in [0, 0.05) is 13.6 Å². The molecule has 0 aromatic carbocycles. The van der Waals surface area contributed by atoms with Crippen LogP contribution in [-0.2, 0) is 14.3 Å². The number of alkyl carbamates (subject to hydrolysis) is 1. The van der Waals surface area contributed by atoms with E-state index in [-0.39, 0.29) is 18.4 Å². The summed E-state index contributed by atoms with van der Waals surface area (Å²) in [6.45, 7) is 5.56. The van der Waals surface area contributed by atoms with E-state index in [1.165, 1.54) is 11.9 Å². The van der Waals surface area contributed by atoms with Crippen molar-refractivity contribution in [1.82, 2.24) is 15.5 Å². The number of likely N-dealkylation sites (N-methyl/N-ethyl adjacent to an activating group) is 1. The van der Waals surface area contributed by atoms with E-state index in [1.54, 1.807) is 26.8 Å². The summed E-state index contributed by atoms with van der Waals surface area (Å²) in [5, 5.41) is 5.02. The molecular formula is C14H23N3O4. The van der Waals surface area contributed by atoms with Gasteiger partial charge >= 0.3 is 6.09 Å². The van der Waals surface area contributed by atoms with Crippen LogP contribution in [0.4, 0.5) is 4.79 Å². The summed E-state index contributed by atoms with van der Waals surface area (Å²) in [7, 11) is 1.51. The van der Waals surface area contributed by atoms with Crippen LogP contribution in [0.2, 0.25) is 0 Å². The first-order valence-electron chi connectivity index (χ1n) is 6.87. The Morgan fingerprint density at radius 1 is 1.38 bits per heavy atom. The van der Waals surface area contributed by atoms with Crippen molar-refractivity contribution < 1.29 is 19.1 Å². The molecule has 2 N–H and O–H groups in total. The molecular weight excluding hydrogens is 274 g/mol. The molecule has 0 saturated heterocycles. The predicted molar refractivity (Wildman–Crippen MR) is 77.6 cm³/mol. The van der Waals surface area contributed by atoms with Gasteiger partial charge in [0.2, 0.25) is 11.8 Å². The van der Waals surface area contributed by atoms with Crippen LogP contribution in [0.25, 0.3) is 0 Å². The van der Waals surface area contributed by atoms with Crippen molar-refractivity contribution in [3.63, 3.8) is 0 Å². The number of ether oxygens (including phenoxy) is 1. The molecule has 7 nitrogen and oxygen atoms in total. The van der Waals surface area contributed by atoms with Crippen LogP contribution >= 0.6 is 0 Å². The van der Waals surface area contributed by atoms with Crippen molar-refractivity contribution in [2.24, 2.45) is 0 Å². The number of nitrogens with zero attached hydrogens (tertiary/aromatic N) is 1.